The number of hydrogen-bond donors (Lipinski definition) is 2. The van der Waals surface area contributed by atoms with Crippen LogP contribution in [0.1, 0.15) is 60.5 Å². The Kier molecular flexibility index (Phi) is 10.2. The number of benzene rings is 2. The van der Waals surface area contributed by atoms with Crippen molar-refractivity contribution in [1.82, 2.24) is 15.6 Å². The summed E-state index contributed by atoms with van der Waals surface area (Å²) < 4.78 is 74.1. The maximum absolute atomic E-state index is 14.1. The summed E-state index contributed by atoms with van der Waals surface area (Å²) in [5, 5.41) is 5.11. The summed E-state index contributed by atoms with van der Waals surface area (Å²) in [4.78, 5) is 41.3. The molecule has 43 heavy (non-hydrogen) atoms. The minimum absolute atomic E-state index is 0.0104. The number of carbonyl (C=O) groups excluding carboxylic acids is 3. The van der Waals surface area contributed by atoms with Gasteiger partial charge in [-0.2, -0.15) is 8.78 Å². The molecular weight excluding hydrogens is 578 g/mol. The molecule has 0 aliphatic heterocycles. The summed E-state index contributed by atoms with van der Waals surface area (Å²) in [5.41, 5.74) is 0.00408. The van der Waals surface area contributed by atoms with Gasteiger partial charge in [0.05, 0.1) is 26.2 Å². The Balaban J connectivity index is 1.62. The first-order valence-electron chi connectivity index (χ1n) is 13.3. The number of nitrogens with zero attached hydrogens (tertiary/aromatic N) is 1. The second kappa shape index (κ2) is 14.0. The lowest BCUT2D eigenvalue weighted by Gasteiger charge is -2.13. The lowest BCUT2D eigenvalue weighted by Crippen LogP contribution is -2.30. The van der Waals surface area contributed by atoms with E-state index in [0.29, 0.717) is 18.6 Å². The number of halogens is 4. The van der Waals surface area contributed by atoms with E-state index >= 15 is 0 Å². The van der Waals surface area contributed by atoms with Crippen molar-refractivity contribution in [3.8, 4) is 23.0 Å². The first kappa shape index (κ1) is 31.3. The molecule has 1 aliphatic carbocycles. The topological polar surface area (TPSA) is 129 Å². The van der Waals surface area contributed by atoms with E-state index < -0.39 is 42.1 Å². The number of nitrogens with one attached hydrogen (secondary N) is 2. The second-order valence-corrected chi connectivity index (χ2v) is 9.81. The highest BCUT2D eigenvalue weighted by atomic mass is 19.3. The van der Waals surface area contributed by atoms with Crippen LogP contribution in [0.15, 0.2) is 40.8 Å². The molecule has 14 heteroatoms. The van der Waals surface area contributed by atoms with E-state index in [0.717, 1.165) is 18.9 Å². The van der Waals surface area contributed by atoms with Crippen LogP contribution in [0, 0.1) is 17.6 Å². The molecule has 0 spiro atoms. The third-order valence-electron chi connectivity index (χ3n) is 6.46. The zero-order chi connectivity index (χ0) is 31.1. The van der Waals surface area contributed by atoms with Gasteiger partial charge in [-0.25, -0.2) is 13.8 Å². The largest absolute Gasteiger partial charge is 0.489 e. The Bertz CT molecular complexity index is 1480. The zero-order valence-corrected chi connectivity index (χ0v) is 23.3. The smallest absolute Gasteiger partial charge is 0.387 e. The van der Waals surface area contributed by atoms with Crippen LogP contribution in [-0.2, 0) is 20.9 Å². The Morgan fingerprint density at radius 3 is 2.51 bits per heavy atom. The van der Waals surface area contributed by atoms with E-state index in [2.05, 4.69) is 25.1 Å². The highest BCUT2D eigenvalue weighted by Gasteiger charge is 2.28. The zero-order valence-electron chi connectivity index (χ0n) is 23.3. The van der Waals surface area contributed by atoms with Gasteiger partial charge in [-0.1, -0.05) is 6.07 Å². The fraction of sp³-hybridized carbons (Fsp3) is 0.379. The molecule has 1 saturated carbocycles. The summed E-state index contributed by atoms with van der Waals surface area (Å²) in [7, 11) is 1.19. The standard InChI is InChI=1S/C29H29F4N3O7/c1-15(35-23(37)9-10-24(38)40-2)26-25(27(39)34-13-18-5-7-19(30)12-20(18)31)36-28(43-26)17-6-8-21(42-29(32)33)22(11-17)41-14-16-3-4-16/h5-8,11-12,15-16,29H,3-4,9-10,13-14H2,1-2H3,(H,34,39)(H,35,37). The van der Waals surface area contributed by atoms with Crippen LogP contribution >= 0.6 is 0 Å². The molecule has 1 fully saturated rings. The summed E-state index contributed by atoms with van der Waals surface area (Å²) in [6.45, 7) is -1.60. The van der Waals surface area contributed by atoms with E-state index in [1.54, 1.807) is 0 Å². The van der Waals surface area contributed by atoms with Gasteiger partial charge in [-0.15, -0.1) is 0 Å². The number of ether oxygens (including phenoxy) is 3. The molecule has 0 radical (unpaired) electrons. The van der Waals surface area contributed by atoms with Gasteiger partial charge in [0, 0.05) is 30.2 Å². The first-order chi connectivity index (χ1) is 20.5. The van der Waals surface area contributed by atoms with Gasteiger partial charge >= 0.3 is 12.6 Å². The van der Waals surface area contributed by atoms with Gasteiger partial charge in [0.25, 0.3) is 5.91 Å². The van der Waals surface area contributed by atoms with Gasteiger partial charge < -0.3 is 29.3 Å². The van der Waals surface area contributed by atoms with Gasteiger partial charge in [-0.05, 0) is 49.9 Å². The monoisotopic (exact) mass is 607 g/mol. The second-order valence-electron chi connectivity index (χ2n) is 9.81. The van der Waals surface area contributed by atoms with Gasteiger partial charge in [0.1, 0.15) is 11.6 Å². The Labute approximate surface area is 243 Å². The molecule has 1 aromatic heterocycles. The van der Waals surface area contributed by atoms with Crippen molar-refractivity contribution in [1.29, 1.82) is 0 Å². The van der Waals surface area contributed by atoms with Crippen molar-refractivity contribution in [2.24, 2.45) is 5.92 Å². The number of esters is 1. The number of carbonyl (C=O) groups is 3. The van der Waals surface area contributed by atoms with E-state index in [4.69, 9.17) is 9.15 Å². The molecule has 1 atom stereocenters. The molecule has 2 N–H and O–H groups in total. The fourth-order valence-electron chi connectivity index (χ4n) is 3.97. The molecule has 3 aromatic rings. The number of aromatic nitrogens is 1. The number of alkyl halides is 2. The summed E-state index contributed by atoms with van der Waals surface area (Å²) in [5.74, 6) is -3.63. The average Bonchev–Trinajstić information content (AvgIpc) is 3.69. The maximum atomic E-state index is 14.1. The Hall–Kier alpha value is -4.62. The van der Waals surface area contributed by atoms with E-state index in [1.165, 1.54) is 38.3 Å². The van der Waals surface area contributed by atoms with Gasteiger partial charge in [0.15, 0.2) is 23.0 Å². The predicted molar refractivity (Wildman–Crippen MR) is 142 cm³/mol. The number of amides is 2. The van der Waals surface area contributed by atoms with Crippen molar-refractivity contribution < 1.29 is 50.6 Å². The van der Waals surface area contributed by atoms with Gasteiger partial charge in [0.2, 0.25) is 11.8 Å². The summed E-state index contributed by atoms with van der Waals surface area (Å²) >= 11 is 0. The quantitative estimate of drug-likeness (QED) is 0.192. The predicted octanol–water partition coefficient (Wildman–Crippen LogP) is 5.07. The fourth-order valence-corrected chi connectivity index (χ4v) is 3.97. The highest BCUT2D eigenvalue weighted by molar-refractivity contribution is 5.94. The molecule has 230 valence electrons. The minimum Gasteiger partial charge on any atom is -0.489 e. The first-order valence-corrected chi connectivity index (χ1v) is 13.3. The van der Waals surface area contributed by atoms with Crippen LogP contribution in [0.4, 0.5) is 17.6 Å². The maximum Gasteiger partial charge on any atom is 0.387 e. The Morgan fingerprint density at radius 1 is 1.07 bits per heavy atom. The Morgan fingerprint density at radius 2 is 1.84 bits per heavy atom. The SMILES string of the molecule is COC(=O)CCC(=O)NC(C)c1oc(-c2ccc(OC(F)F)c(OCC3CC3)c2)nc1C(=O)NCc1ccc(F)cc1F. The van der Waals surface area contributed by atoms with Crippen LogP contribution in [0.25, 0.3) is 11.5 Å². The molecule has 0 bridgehead atoms. The number of methoxy groups -OCH3 is 1. The van der Waals surface area contributed by atoms with Crippen molar-refractivity contribution in [2.45, 2.75) is 51.8 Å². The van der Waals surface area contributed by atoms with Gasteiger partial charge in [-0.3, -0.25) is 14.4 Å². The lowest BCUT2D eigenvalue weighted by molar-refractivity contribution is -0.142. The van der Waals surface area contributed by atoms with Crippen LogP contribution < -0.4 is 20.1 Å². The van der Waals surface area contributed by atoms with Crippen LogP contribution in [-0.4, -0.2) is 43.1 Å². The molecule has 1 aliphatic rings. The van der Waals surface area contributed by atoms with E-state index in [1.807, 2.05) is 0 Å². The molecule has 0 saturated heterocycles. The summed E-state index contributed by atoms with van der Waals surface area (Å²) in [6.07, 6.45) is 1.54. The van der Waals surface area contributed by atoms with Crippen molar-refractivity contribution in [3.05, 3.63) is 65.1 Å². The van der Waals surface area contributed by atoms with Crippen molar-refractivity contribution in [2.75, 3.05) is 13.7 Å². The van der Waals surface area contributed by atoms with Crippen molar-refractivity contribution in [3.63, 3.8) is 0 Å². The molecule has 1 heterocycles. The average molecular weight is 608 g/mol. The number of hydrogen-bond acceptors (Lipinski definition) is 8. The molecular formula is C29H29F4N3O7. The third-order valence-corrected chi connectivity index (χ3v) is 6.46. The lowest BCUT2D eigenvalue weighted by atomic mass is 10.1. The molecule has 2 amide bonds. The number of oxazole rings is 1. The molecule has 1 unspecified atom stereocenters. The normalized spacial score (nSPS) is 13.4. The minimum atomic E-state index is -3.09. The number of rotatable bonds is 14. The van der Waals surface area contributed by atoms with E-state index in [-0.39, 0.29) is 59.4 Å². The highest BCUT2D eigenvalue weighted by Crippen LogP contribution is 2.37. The molecule has 2 aromatic carbocycles. The van der Waals surface area contributed by atoms with Crippen LogP contribution in [0.5, 0.6) is 11.5 Å². The summed E-state index contributed by atoms with van der Waals surface area (Å²) in [6, 6.07) is 5.98. The molecule has 4 rings (SSSR count). The van der Waals surface area contributed by atoms with Crippen LogP contribution in [0.2, 0.25) is 0 Å². The van der Waals surface area contributed by atoms with E-state index in [9.17, 15) is 31.9 Å². The van der Waals surface area contributed by atoms with Crippen molar-refractivity contribution >= 4 is 17.8 Å². The third kappa shape index (κ3) is 8.69. The van der Waals surface area contributed by atoms with Crippen LogP contribution in [0.3, 0.4) is 0 Å². The molecule has 10 nitrogen and oxygen atoms in total.